The van der Waals surface area contributed by atoms with Crippen molar-refractivity contribution >= 4 is 22.6 Å². The highest BCUT2D eigenvalue weighted by atomic mass is 32.1. The Morgan fingerprint density at radius 3 is 2.72 bits per heavy atom. The molecule has 1 saturated heterocycles. The Labute approximate surface area is 176 Å². The van der Waals surface area contributed by atoms with Gasteiger partial charge in [-0.1, -0.05) is 60.2 Å². The predicted octanol–water partition coefficient (Wildman–Crippen LogP) is 4.28. The van der Waals surface area contributed by atoms with Crippen molar-refractivity contribution in [2.75, 3.05) is 11.4 Å². The molecule has 1 aliphatic heterocycles. The second-order valence-corrected chi connectivity index (χ2v) is 8.38. The van der Waals surface area contributed by atoms with Crippen molar-refractivity contribution in [3.63, 3.8) is 0 Å². The number of rotatable bonds is 6. The lowest BCUT2D eigenvalue weighted by Gasteiger charge is -2.24. The first-order chi connectivity index (χ1) is 14.1. The number of anilines is 1. The zero-order valence-electron chi connectivity index (χ0n) is 16.8. The Morgan fingerprint density at radius 2 is 1.97 bits per heavy atom. The number of nitrogens with zero attached hydrogens (tertiary/aromatic N) is 3. The van der Waals surface area contributed by atoms with E-state index in [1.54, 1.807) is 0 Å². The van der Waals surface area contributed by atoms with Crippen LogP contribution in [-0.2, 0) is 11.2 Å². The van der Waals surface area contributed by atoms with Crippen LogP contribution in [0.3, 0.4) is 0 Å². The Hall–Kier alpha value is -2.73. The lowest BCUT2D eigenvalue weighted by atomic mass is 10.1. The number of nitrogens with one attached hydrogen (secondary N) is 1. The summed E-state index contributed by atoms with van der Waals surface area (Å²) in [6, 6.07) is 18.3. The number of benzene rings is 2. The van der Waals surface area contributed by atoms with E-state index < -0.39 is 0 Å². The van der Waals surface area contributed by atoms with E-state index in [0.29, 0.717) is 6.42 Å². The molecule has 2 aromatic carbocycles. The molecule has 2 heterocycles. The molecular weight excluding hydrogens is 380 g/mol. The van der Waals surface area contributed by atoms with Gasteiger partial charge < -0.3 is 10.2 Å². The SMILES string of the molecule is Cc1ccc(Cc2nsc(N3CCC[C@H]3C(=O)N[C@@H](C)c3ccccc3)n2)cc1. The fraction of sp³-hybridized carbons (Fsp3) is 0.348. The molecule has 3 aromatic rings. The molecule has 0 radical (unpaired) electrons. The highest BCUT2D eigenvalue weighted by molar-refractivity contribution is 7.09. The second kappa shape index (κ2) is 8.74. The third-order valence-electron chi connectivity index (χ3n) is 5.40. The molecule has 5 nitrogen and oxygen atoms in total. The number of carbonyl (C=O) groups excluding carboxylic acids is 1. The van der Waals surface area contributed by atoms with Gasteiger partial charge in [0.2, 0.25) is 11.0 Å². The van der Waals surface area contributed by atoms with Crippen molar-refractivity contribution in [3.05, 3.63) is 77.1 Å². The molecule has 0 spiro atoms. The van der Waals surface area contributed by atoms with Crippen molar-refractivity contribution in [1.82, 2.24) is 14.7 Å². The van der Waals surface area contributed by atoms with E-state index in [-0.39, 0.29) is 18.0 Å². The summed E-state index contributed by atoms with van der Waals surface area (Å²) in [7, 11) is 0. The van der Waals surface area contributed by atoms with E-state index in [2.05, 4.69) is 45.8 Å². The molecular formula is C23H26N4OS. The van der Waals surface area contributed by atoms with Gasteiger partial charge in [-0.15, -0.1) is 0 Å². The zero-order chi connectivity index (χ0) is 20.2. The van der Waals surface area contributed by atoms with Gasteiger partial charge in [0, 0.05) is 24.5 Å². The molecule has 0 saturated carbocycles. The second-order valence-electron chi connectivity index (χ2n) is 7.65. The topological polar surface area (TPSA) is 58.1 Å². The molecule has 0 unspecified atom stereocenters. The van der Waals surface area contributed by atoms with Gasteiger partial charge in [-0.05, 0) is 37.8 Å². The van der Waals surface area contributed by atoms with Gasteiger partial charge in [0.25, 0.3) is 0 Å². The summed E-state index contributed by atoms with van der Waals surface area (Å²) in [6.45, 7) is 4.95. The minimum absolute atomic E-state index is 0.0160. The number of aryl methyl sites for hydroxylation is 1. The number of carbonyl (C=O) groups is 1. The molecule has 0 aliphatic carbocycles. The molecule has 0 bridgehead atoms. The lowest BCUT2D eigenvalue weighted by molar-refractivity contribution is -0.122. The normalized spacial score (nSPS) is 17.3. The Morgan fingerprint density at radius 1 is 1.21 bits per heavy atom. The quantitative estimate of drug-likeness (QED) is 0.664. The van der Waals surface area contributed by atoms with Gasteiger partial charge in [0.1, 0.15) is 11.9 Å². The van der Waals surface area contributed by atoms with Gasteiger partial charge in [-0.3, -0.25) is 4.79 Å². The molecule has 4 rings (SSSR count). The van der Waals surface area contributed by atoms with Crippen LogP contribution in [0.1, 0.15) is 48.3 Å². The standard InChI is InChI=1S/C23H26N4OS/c1-16-10-12-18(13-11-16)15-21-25-23(29-26-21)27-14-6-9-20(27)22(28)24-17(2)19-7-4-3-5-8-19/h3-5,7-8,10-13,17,20H,6,9,14-15H2,1-2H3,(H,24,28)/t17-,20-/m0/s1. The number of hydrogen-bond donors (Lipinski definition) is 1. The van der Waals surface area contributed by atoms with E-state index in [1.807, 2.05) is 37.3 Å². The van der Waals surface area contributed by atoms with Crippen molar-refractivity contribution in [1.29, 1.82) is 0 Å². The van der Waals surface area contributed by atoms with Gasteiger partial charge in [-0.25, -0.2) is 4.98 Å². The van der Waals surface area contributed by atoms with Crippen molar-refractivity contribution in [2.45, 2.75) is 45.2 Å². The van der Waals surface area contributed by atoms with Crippen LogP contribution in [0.15, 0.2) is 54.6 Å². The van der Waals surface area contributed by atoms with E-state index in [1.165, 1.54) is 22.7 Å². The monoisotopic (exact) mass is 406 g/mol. The summed E-state index contributed by atoms with van der Waals surface area (Å²) < 4.78 is 4.54. The van der Waals surface area contributed by atoms with Crippen molar-refractivity contribution in [3.8, 4) is 0 Å². The fourth-order valence-corrected chi connectivity index (χ4v) is 4.49. The zero-order valence-corrected chi connectivity index (χ0v) is 17.7. The van der Waals surface area contributed by atoms with E-state index in [0.717, 1.165) is 35.9 Å². The maximum atomic E-state index is 12.9. The minimum Gasteiger partial charge on any atom is -0.348 e. The van der Waals surface area contributed by atoms with Crippen LogP contribution in [-0.4, -0.2) is 27.9 Å². The maximum absolute atomic E-state index is 12.9. The summed E-state index contributed by atoms with van der Waals surface area (Å²) in [4.78, 5) is 19.8. The lowest BCUT2D eigenvalue weighted by Crippen LogP contribution is -2.44. The van der Waals surface area contributed by atoms with Crippen LogP contribution in [0, 0.1) is 6.92 Å². The van der Waals surface area contributed by atoms with Crippen LogP contribution in [0.25, 0.3) is 0 Å². The minimum atomic E-state index is -0.179. The number of amides is 1. The van der Waals surface area contributed by atoms with Gasteiger partial charge in [0.05, 0.1) is 6.04 Å². The largest absolute Gasteiger partial charge is 0.348 e. The summed E-state index contributed by atoms with van der Waals surface area (Å²) >= 11 is 1.39. The Bertz CT molecular complexity index is 955. The average molecular weight is 407 g/mol. The van der Waals surface area contributed by atoms with E-state index in [9.17, 15) is 4.79 Å². The van der Waals surface area contributed by atoms with Crippen molar-refractivity contribution < 1.29 is 4.79 Å². The smallest absolute Gasteiger partial charge is 0.243 e. The van der Waals surface area contributed by atoms with E-state index >= 15 is 0 Å². The Kier molecular flexibility index (Phi) is 5.90. The Balaban J connectivity index is 1.42. The maximum Gasteiger partial charge on any atom is 0.243 e. The van der Waals surface area contributed by atoms with Gasteiger partial charge in [0.15, 0.2) is 0 Å². The molecule has 1 N–H and O–H groups in total. The number of hydrogen-bond acceptors (Lipinski definition) is 5. The summed E-state index contributed by atoms with van der Waals surface area (Å²) in [6.07, 6.45) is 2.55. The average Bonchev–Trinajstić information content (AvgIpc) is 3.39. The highest BCUT2D eigenvalue weighted by Crippen LogP contribution is 2.28. The first-order valence-corrected chi connectivity index (χ1v) is 10.9. The van der Waals surface area contributed by atoms with Crippen LogP contribution >= 0.6 is 11.5 Å². The summed E-state index contributed by atoms with van der Waals surface area (Å²) in [5, 5.41) is 4.01. The first-order valence-electron chi connectivity index (χ1n) is 10.1. The molecule has 150 valence electrons. The molecule has 1 fully saturated rings. The molecule has 1 amide bonds. The first kappa shape index (κ1) is 19.6. The third kappa shape index (κ3) is 4.65. The van der Waals surface area contributed by atoms with Crippen LogP contribution in [0.5, 0.6) is 0 Å². The van der Waals surface area contributed by atoms with E-state index in [4.69, 9.17) is 4.98 Å². The van der Waals surface area contributed by atoms with Crippen molar-refractivity contribution in [2.24, 2.45) is 0 Å². The number of aromatic nitrogens is 2. The summed E-state index contributed by atoms with van der Waals surface area (Å²) in [5.41, 5.74) is 3.56. The molecule has 29 heavy (non-hydrogen) atoms. The molecule has 6 heteroatoms. The van der Waals surface area contributed by atoms with Crippen LogP contribution in [0.4, 0.5) is 5.13 Å². The molecule has 1 aromatic heterocycles. The highest BCUT2D eigenvalue weighted by Gasteiger charge is 2.33. The van der Waals surface area contributed by atoms with Gasteiger partial charge in [-0.2, -0.15) is 4.37 Å². The third-order valence-corrected chi connectivity index (χ3v) is 6.19. The predicted molar refractivity (Wildman–Crippen MR) is 117 cm³/mol. The molecule has 1 aliphatic rings. The van der Waals surface area contributed by atoms with Crippen LogP contribution in [0.2, 0.25) is 0 Å². The summed E-state index contributed by atoms with van der Waals surface area (Å²) in [5.74, 6) is 0.881. The fourth-order valence-electron chi connectivity index (χ4n) is 3.72. The molecule has 2 atom stereocenters. The van der Waals surface area contributed by atoms with Gasteiger partial charge >= 0.3 is 0 Å². The van der Waals surface area contributed by atoms with Crippen LogP contribution < -0.4 is 10.2 Å².